The van der Waals surface area contributed by atoms with Gasteiger partial charge in [0.25, 0.3) is 0 Å². The number of alkyl halides is 3. The first kappa shape index (κ1) is 15.9. The Morgan fingerprint density at radius 1 is 1.00 bits per heavy atom. The summed E-state index contributed by atoms with van der Waals surface area (Å²) in [6, 6.07) is 8.95. The van der Waals surface area contributed by atoms with Gasteiger partial charge in [-0.1, -0.05) is 12.1 Å². The summed E-state index contributed by atoms with van der Waals surface area (Å²) in [6.07, 6.45) is -4.46. The van der Waals surface area contributed by atoms with Crippen molar-refractivity contribution < 1.29 is 27.5 Å². The summed E-state index contributed by atoms with van der Waals surface area (Å²) >= 11 is 0. The number of fused-ring (bicyclic) bond motifs is 1. The molecule has 122 valence electrons. The van der Waals surface area contributed by atoms with Crippen molar-refractivity contribution in [3.05, 3.63) is 65.5 Å². The van der Waals surface area contributed by atoms with E-state index < -0.39 is 23.5 Å². The average Bonchev–Trinajstić information content (AvgIpc) is 2.53. The van der Waals surface area contributed by atoms with E-state index in [0.29, 0.717) is 5.56 Å². The lowest BCUT2D eigenvalue weighted by atomic mass is 10.0. The second-order valence-corrected chi connectivity index (χ2v) is 5.10. The van der Waals surface area contributed by atoms with Gasteiger partial charge in [-0.15, -0.1) is 0 Å². The first-order valence-electron chi connectivity index (χ1n) is 6.77. The summed E-state index contributed by atoms with van der Waals surface area (Å²) in [4.78, 5) is 15.6. The maximum atomic E-state index is 13.3. The summed E-state index contributed by atoms with van der Waals surface area (Å²) in [7, 11) is 0. The number of halogens is 4. The first-order chi connectivity index (χ1) is 11.3. The molecule has 0 bridgehead atoms. The SMILES string of the molecule is O=C(O)c1cc(-c2ccc(C(F)(F)F)cc2)nc2ccc(F)cc12. The largest absolute Gasteiger partial charge is 0.478 e. The molecule has 0 atom stereocenters. The maximum absolute atomic E-state index is 13.3. The van der Waals surface area contributed by atoms with Gasteiger partial charge < -0.3 is 5.11 Å². The van der Waals surface area contributed by atoms with Crippen molar-refractivity contribution in [2.45, 2.75) is 6.18 Å². The highest BCUT2D eigenvalue weighted by Gasteiger charge is 2.30. The topological polar surface area (TPSA) is 50.2 Å². The average molecular weight is 335 g/mol. The van der Waals surface area contributed by atoms with Crippen LogP contribution in [0.5, 0.6) is 0 Å². The zero-order chi connectivity index (χ0) is 17.5. The number of aromatic carboxylic acids is 1. The lowest BCUT2D eigenvalue weighted by Gasteiger charge is -2.09. The molecule has 0 aliphatic heterocycles. The molecule has 0 saturated heterocycles. The Morgan fingerprint density at radius 2 is 1.67 bits per heavy atom. The van der Waals surface area contributed by atoms with Crippen LogP contribution in [0.4, 0.5) is 17.6 Å². The van der Waals surface area contributed by atoms with Crippen LogP contribution in [0.2, 0.25) is 0 Å². The molecule has 0 aliphatic rings. The van der Waals surface area contributed by atoms with E-state index in [1.54, 1.807) is 0 Å². The van der Waals surface area contributed by atoms with Crippen molar-refractivity contribution in [3.63, 3.8) is 0 Å². The molecule has 0 saturated carbocycles. The Bertz CT molecular complexity index is 934. The number of carboxylic acids is 1. The zero-order valence-electron chi connectivity index (χ0n) is 11.9. The van der Waals surface area contributed by atoms with E-state index in [1.165, 1.54) is 24.3 Å². The Morgan fingerprint density at radius 3 is 2.25 bits per heavy atom. The minimum Gasteiger partial charge on any atom is -0.478 e. The Balaban J connectivity index is 2.16. The van der Waals surface area contributed by atoms with E-state index in [-0.39, 0.29) is 22.2 Å². The van der Waals surface area contributed by atoms with Gasteiger partial charge in [-0.05, 0) is 36.4 Å². The molecule has 0 amide bonds. The lowest BCUT2D eigenvalue weighted by molar-refractivity contribution is -0.137. The number of rotatable bonds is 2. The van der Waals surface area contributed by atoms with Crippen molar-refractivity contribution in [2.75, 3.05) is 0 Å². The molecule has 0 fully saturated rings. The van der Waals surface area contributed by atoms with Gasteiger partial charge in [-0.3, -0.25) is 0 Å². The van der Waals surface area contributed by atoms with Crippen molar-refractivity contribution in [2.24, 2.45) is 0 Å². The van der Waals surface area contributed by atoms with Gasteiger partial charge >= 0.3 is 12.1 Å². The second-order valence-electron chi connectivity index (χ2n) is 5.10. The summed E-state index contributed by atoms with van der Waals surface area (Å²) in [5, 5.41) is 9.42. The van der Waals surface area contributed by atoms with E-state index in [2.05, 4.69) is 4.98 Å². The smallest absolute Gasteiger partial charge is 0.416 e. The molecule has 7 heteroatoms. The summed E-state index contributed by atoms with van der Waals surface area (Å²) in [5.74, 6) is -1.88. The third-order valence-corrected chi connectivity index (χ3v) is 3.51. The predicted molar refractivity (Wildman–Crippen MR) is 79.1 cm³/mol. The highest BCUT2D eigenvalue weighted by molar-refractivity contribution is 6.03. The van der Waals surface area contributed by atoms with Gasteiger partial charge in [0, 0.05) is 10.9 Å². The van der Waals surface area contributed by atoms with E-state index in [9.17, 15) is 27.5 Å². The molecule has 0 radical (unpaired) electrons. The van der Waals surface area contributed by atoms with Crippen molar-refractivity contribution >= 4 is 16.9 Å². The summed E-state index contributed by atoms with van der Waals surface area (Å²) < 4.78 is 51.2. The van der Waals surface area contributed by atoms with E-state index in [1.807, 2.05) is 0 Å². The number of nitrogens with zero attached hydrogens (tertiary/aromatic N) is 1. The third-order valence-electron chi connectivity index (χ3n) is 3.51. The number of aromatic nitrogens is 1. The van der Waals surface area contributed by atoms with Crippen LogP contribution in [-0.2, 0) is 6.18 Å². The standard InChI is InChI=1S/C17H9F4NO2/c18-11-5-6-14-12(7-11)13(16(23)24)8-15(22-14)9-1-3-10(4-2-9)17(19,20)21/h1-8H,(H,23,24). The minimum atomic E-state index is -4.46. The van der Waals surface area contributed by atoms with Crippen LogP contribution in [0, 0.1) is 5.82 Å². The van der Waals surface area contributed by atoms with E-state index in [0.717, 1.165) is 24.3 Å². The molecule has 3 rings (SSSR count). The van der Waals surface area contributed by atoms with Gasteiger partial charge in [-0.25, -0.2) is 14.2 Å². The van der Waals surface area contributed by atoms with Gasteiger partial charge in [0.2, 0.25) is 0 Å². The van der Waals surface area contributed by atoms with Crippen LogP contribution in [0.1, 0.15) is 15.9 Å². The molecular weight excluding hydrogens is 326 g/mol. The molecule has 3 nitrogen and oxygen atoms in total. The van der Waals surface area contributed by atoms with Crippen LogP contribution >= 0.6 is 0 Å². The fourth-order valence-corrected chi connectivity index (χ4v) is 2.35. The molecule has 24 heavy (non-hydrogen) atoms. The number of pyridine rings is 1. The number of hydrogen-bond acceptors (Lipinski definition) is 2. The molecular formula is C17H9F4NO2. The fraction of sp³-hybridized carbons (Fsp3) is 0.0588. The minimum absolute atomic E-state index is 0.123. The van der Waals surface area contributed by atoms with Gasteiger partial charge in [0.05, 0.1) is 22.3 Å². The molecule has 0 unspecified atom stereocenters. The monoisotopic (exact) mass is 335 g/mol. The molecule has 3 aromatic rings. The van der Waals surface area contributed by atoms with E-state index >= 15 is 0 Å². The van der Waals surface area contributed by atoms with Crippen LogP contribution in [0.25, 0.3) is 22.2 Å². The van der Waals surface area contributed by atoms with Gasteiger partial charge in [0.15, 0.2) is 0 Å². The van der Waals surface area contributed by atoms with Crippen LogP contribution in [0.3, 0.4) is 0 Å². The fourth-order valence-electron chi connectivity index (χ4n) is 2.35. The molecule has 0 aliphatic carbocycles. The van der Waals surface area contributed by atoms with E-state index in [4.69, 9.17) is 0 Å². The zero-order valence-corrected chi connectivity index (χ0v) is 11.9. The molecule has 1 heterocycles. The van der Waals surface area contributed by atoms with Gasteiger partial charge in [0.1, 0.15) is 5.82 Å². The predicted octanol–water partition coefficient (Wildman–Crippen LogP) is 4.76. The Hall–Kier alpha value is -2.96. The van der Waals surface area contributed by atoms with Crippen molar-refractivity contribution in [1.29, 1.82) is 0 Å². The quantitative estimate of drug-likeness (QED) is 0.687. The summed E-state index contributed by atoms with van der Waals surface area (Å²) in [5.41, 5.74) is -0.217. The molecule has 1 N–H and O–H groups in total. The number of benzene rings is 2. The Labute approximate surface area is 133 Å². The highest BCUT2D eigenvalue weighted by atomic mass is 19.4. The maximum Gasteiger partial charge on any atom is 0.416 e. The highest BCUT2D eigenvalue weighted by Crippen LogP contribution is 2.31. The lowest BCUT2D eigenvalue weighted by Crippen LogP contribution is -2.04. The number of carbonyl (C=O) groups is 1. The van der Waals surface area contributed by atoms with Crippen molar-refractivity contribution in [3.8, 4) is 11.3 Å². The first-order valence-corrected chi connectivity index (χ1v) is 6.77. The molecule has 2 aromatic carbocycles. The molecule has 1 aromatic heterocycles. The molecule has 0 spiro atoms. The van der Waals surface area contributed by atoms with Gasteiger partial charge in [-0.2, -0.15) is 13.2 Å². The number of hydrogen-bond donors (Lipinski definition) is 1. The van der Waals surface area contributed by atoms with Crippen molar-refractivity contribution in [1.82, 2.24) is 4.98 Å². The number of carboxylic acid groups (broad SMARTS) is 1. The Kier molecular flexibility index (Phi) is 3.71. The normalized spacial score (nSPS) is 11.7. The third kappa shape index (κ3) is 2.92. The van der Waals surface area contributed by atoms with Crippen LogP contribution in [0.15, 0.2) is 48.5 Å². The van der Waals surface area contributed by atoms with Crippen LogP contribution in [-0.4, -0.2) is 16.1 Å². The van der Waals surface area contributed by atoms with Crippen LogP contribution < -0.4 is 0 Å². The second kappa shape index (κ2) is 5.59. The summed E-state index contributed by atoms with van der Waals surface area (Å²) in [6.45, 7) is 0.